The molecular weight excluding hydrogens is 250 g/mol. The van der Waals surface area contributed by atoms with Gasteiger partial charge in [-0.25, -0.2) is 0 Å². The second-order valence-corrected chi connectivity index (χ2v) is 4.74. The SMILES string of the molecule is CCc1nn(CC)c(CC(=O)C(CC)CN)c1Cl. The van der Waals surface area contributed by atoms with E-state index < -0.39 is 0 Å². The molecule has 1 aromatic rings. The molecule has 0 aliphatic rings. The standard InChI is InChI=1S/C13H22ClN3O/c1-4-9(8-15)12(18)7-11-13(14)10(5-2)16-17(11)6-3/h9H,4-8,15H2,1-3H3. The predicted molar refractivity (Wildman–Crippen MR) is 73.8 cm³/mol. The summed E-state index contributed by atoms with van der Waals surface area (Å²) in [6.45, 7) is 7.10. The zero-order chi connectivity index (χ0) is 13.7. The molecule has 0 radical (unpaired) electrons. The van der Waals surface area contributed by atoms with Gasteiger partial charge in [-0.3, -0.25) is 9.48 Å². The summed E-state index contributed by atoms with van der Waals surface area (Å²) in [5.74, 6) is 0.0745. The van der Waals surface area contributed by atoms with Gasteiger partial charge in [-0.1, -0.05) is 25.4 Å². The normalized spacial score (nSPS) is 12.7. The highest BCUT2D eigenvalue weighted by molar-refractivity contribution is 6.32. The number of halogens is 1. The quantitative estimate of drug-likeness (QED) is 0.827. The molecule has 0 amide bonds. The second-order valence-electron chi connectivity index (χ2n) is 4.36. The van der Waals surface area contributed by atoms with E-state index in [1.807, 2.05) is 25.5 Å². The van der Waals surface area contributed by atoms with Crippen LogP contribution in [0.3, 0.4) is 0 Å². The molecule has 0 saturated heterocycles. The van der Waals surface area contributed by atoms with Crippen molar-refractivity contribution < 1.29 is 4.79 Å². The molecule has 1 unspecified atom stereocenters. The van der Waals surface area contributed by atoms with Crippen molar-refractivity contribution in [3.05, 3.63) is 16.4 Å². The Morgan fingerprint density at radius 3 is 2.56 bits per heavy atom. The summed E-state index contributed by atoms with van der Waals surface area (Å²) in [7, 11) is 0. The number of nitrogens with zero attached hydrogens (tertiary/aromatic N) is 2. The maximum atomic E-state index is 12.1. The first-order valence-electron chi connectivity index (χ1n) is 6.55. The van der Waals surface area contributed by atoms with Crippen LogP contribution in [0.2, 0.25) is 5.02 Å². The Labute approximate surface area is 113 Å². The topological polar surface area (TPSA) is 60.9 Å². The predicted octanol–water partition coefficient (Wildman–Crippen LogP) is 2.22. The van der Waals surface area contributed by atoms with Crippen molar-refractivity contribution in [3.63, 3.8) is 0 Å². The minimum atomic E-state index is -0.0775. The molecular formula is C13H22ClN3O. The van der Waals surface area contributed by atoms with E-state index in [0.717, 1.165) is 30.8 Å². The lowest BCUT2D eigenvalue weighted by Crippen LogP contribution is -2.25. The fourth-order valence-electron chi connectivity index (χ4n) is 2.02. The first kappa shape index (κ1) is 15.2. The van der Waals surface area contributed by atoms with E-state index in [1.165, 1.54) is 0 Å². The zero-order valence-electron chi connectivity index (χ0n) is 11.4. The van der Waals surface area contributed by atoms with Gasteiger partial charge in [0.05, 0.1) is 22.8 Å². The van der Waals surface area contributed by atoms with E-state index in [2.05, 4.69) is 5.10 Å². The van der Waals surface area contributed by atoms with Gasteiger partial charge >= 0.3 is 0 Å². The number of Topliss-reactive ketones (excluding diaryl/α,β-unsaturated/α-hetero) is 1. The van der Waals surface area contributed by atoms with Crippen LogP contribution in [0, 0.1) is 5.92 Å². The molecule has 0 saturated carbocycles. The van der Waals surface area contributed by atoms with E-state index in [9.17, 15) is 4.79 Å². The van der Waals surface area contributed by atoms with Crippen molar-refractivity contribution in [3.8, 4) is 0 Å². The average molecular weight is 272 g/mol. The van der Waals surface area contributed by atoms with Crippen LogP contribution >= 0.6 is 11.6 Å². The fraction of sp³-hybridized carbons (Fsp3) is 0.692. The summed E-state index contributed by atoms with van der Waals surface area (Å²) in [6, 6.07) is 0. The highest BCUT2D eigenvalue weighted by Crippen LogP contribution is 2.23. The minimum Gasteiger partial charge on any atom is -0.330 e. The Morgan fingerprint density at radius 2 is 2.11 bits per heavy atom. The molecule has 18 heavy (non-hydrogen) atoms. The summed E-state index contributed by atoms with van der Waals surface area (Å²) in [4.78, 5) is 12.1. The van der Waals surface area contributed by atoms with Crippen LogP contribution < -0.4 is 5.73 Å². The summed E-state index contributed by atoms with van der Waals surface area (Å²) >= 11 is 6.28. The van der Waals surface area contributed by atoms with Crippen LogP contribution in [0.4, 0.5) is 0 Å². The first-order chi connectivity index (χ1) is 8.58. The molecule has 0 spiro atoms. The molecule has 4 nitrogen and oxygen atoms in total. The Morgan fingerprint density at radius 1 is 1.44 bits per heavy atom. The molecule has 1 atom stereocenters. The lowest BCUT2D eigenvalue weighted by molar-refractivity contribution is -0.122. The van der Waals surface area contributed by atoms with Gasteiger partial charge in [-0.15, -0.1) is 0 Å². The number of aryl methyl sites for hydroxylation is 2. The summed E-state index contributed by atoms with van der Waals surface area (Å²) in [6.07, 6.45) is 1.88. The van der Waals surface area contributed by atoms with Gasteiger partial charge in [0.15, 0.2) is 0 Å². The number of nitrogens with two attached hydrogens (primary N) is 1. The van der Waals surface area contributed by atoms with Gasteiger partial charge < -0.3 is 5.73 Å². The van der Waals surface area contributed by atoms with Crippen molar-refractivity contribution in [2.75, 3.05) is 6.54 Å². The third-order valence-electron chi connectivity index (χ3n) is 3.27. The third kappa shape index (κ3) is 3.12. The summed E-state index contributed by atoms with van der Waals surface area (Å²) in [5, 5.41) is 5.05. The zero-order valence-corrected chi connectivity index (χ0v) is 12.1. The molecule has 0 aliphatic carbocycles. The van der Waals surface area contributed by atoms with Crippen LogP contribution in [0.15, 0.2) is 0 Å². The van der Waals surface area contributed by atoms with Crippen molar-refractivity contribution in [2.24, 2.45) is 11.7 Å². The molecule has 0 aromatic carbocycles. The van der Waals surface area contributed by atoms with Gasteiger partial charge in [-0.05, 0) is 19.8 Å². The minimum absolute atomic E-state index is 0.0775. The van der Waals surface area contributed by atoms with Gasteiger partial charge in [0.2, 0.25) is 0 Å². The number of aromatic nitrogens is 2. The van der Waals surface area contributed by atoms with E-state index in [0.29, 0.717) is 18.0 Å². The van der Waals surface area contributed by atoms with E-state index in [1.54, 1.807) is 0 Å². The van der Waals surface area contributed by atoms with Crippen LogP contribution in [0.1, 0.15) is 38.6 Å². The van der Waals surface area contributed by atoms with E-state index in [4.69, 9.17) is 17.3 Å². The molecule has 5 heteroatoms. The van der Waals surface area contributed by atoms with Crippen molar-refractivity contribution >= 4 is 17.4 Å². The lowest BCUT2D eigenvalue weighted by Gasteiger charge is -2.11. The van der Waals surface area contributed by atoms with Crippen LogP contribution in [-0.2, 0) is 24.2 Å². The molecule has 0 bridgehead atoms. The van der Waals surface area contributed by atoms with Crippen LogP contribution in [0.25, 0.3) is 0 Å². The average Bonchev–Trinajstić information content (AvgIpc) is 2.68. The van der Waals surface area contributed by atoms with Gasteiger partial charge in [0.1, 0.15) is 5.78 Å². The van der Waals surface area contributed by atoms with Crippen LogP contribution in [0.5, 0.6) is 0 Å². The molecule has 1 aromatic heterocycles. The molecule has 0 aliphatic heterocycles. The molecule has 1 rings (SSSR count). The maximum absolute atomic E-state index is 12.1. The first-order valence-corrected chi connectivity index (χ1v) is 6.93. The summed E-state index contributed by atoms with van der Waals surface area (Å²) in [5.41, 5.74) is 7.29. The lowest BCUT2D eigenvalue weighted by atomic mass is 9.97. The molecule has 0 fully saturated rings. The largest absolute Gasteiger partial charge is 0.330 e. The van der Waals surface area contributed by atoms with Gasteiger partial charge in [0.25, 0.3) is 0 Å². The Hall–Kier alpha value is -0.870. The number of hydrogen-bond acceptors (Lipinski definition) is 3. The molecule has 102 valence electrons. The second kappa shape index (κ2) is 6.90. The highest BCUT2D eigenvalue weighted by Gasteiger charge is 2.21. The van der Waals surface area contributed by atoms with Crippen molar-refractivity contribution in [1.82, 2.24) is 9.78 Å². The van der Waals surface area contributed by atoms with E-state index >= 15 is 0 Å². The molecule has 2 N–H and O–H groups in total. The number of hydrogen-bond donors (Lipinski definition) is 1. The number of carbonyl (C=O) groups excluding carboxylic acids is 1. The fourth-order valence-corrected chi connectivity index (χ4v) is 2.36. The molecule has 1 heterocycles. The third-order valence-corrected chi connectivity index (χ3v) is 3.70. The van der Waals surface area contributed by atoms with Gasteiger partial charge in [-0.2, -0.15) is 5.10 Å². The number of carbonyl (C=O) groups is 1. The van der Waals surface area contributed by atoms with Crippen molar-refractivity contribution in [2.45, 2.75) is 46.6 Å². The Balaban J connectivity index is 2.96. The maximum Gasteiger partial charge on any atom is 0.143 e. The van der Waals surface area contributed by atoms with E-state index in [-0.39, 0.29) is 11.7 Å². The Kier molecular flexibility index (Phi) is 5.82. The highest BCUT2D eigenvalue weighted by atomic mass is 35.5. The van der Waals surface area contributed by atoms with Crippen molar-refractivity contribution in [1.29, 1.82) is 0 Å². The summed E-state index contributed by atoms with van der Waals surface area (Å²) < 4.78 is 1.82. The monoisotopic (exact) mass is 271 g/mol. The number of rotatable bonds is 7. The smallest absolute Gasteiger partial charge is 0.143 e. The number of ketones is 1. The van der Waals surface area contributed by atoms with Crippen LogP contribution in [-0.4, -0.2) is 22.1 Å². The van der Waals surface area contributed by atoms with Gasteiger partial charge in [0, 0.05) is 19.0 Å². The Bertz CT molecular complexity index is 411.